The van der Waals surface area contributed by atoms with E-state index in [4.69, 9.17) is 28.6 Å². The van der Waals surface area contributed by atoms with Gasteiger partial charge in [0.25, 0.3) is 5.91 Å². The van der Waals surface area contributed by atoms with Gasteiger partial charge in [0.05, 0.1) is 17.7 Å². The highest BCUT2D eigenvalue weighted by atomic mass is 35.5. The second-order valence-electron chi connectivity index (χ2n) is 5.38. The number of halogens is 1. The van der Waals surface area contributed by atoms with E-state index in [9.17, 15) is 9.90 Å². The van der Waals surface area contributed by atoms with Crippen LogP contribution in [0, 0.1) is 6.92 Å². The maximum atomic E-state index is 12.8. The molecule has 0 aliphatic carbocycles. The number of benzene rings is 2. The lowest BCUT2D eigenvalue weighted by atomic mass is 10.1. The number of thiocarbonyl (C=S) groups is 1. The molecule has 0 bridgehead atoms. The Hall–Kier alpha value is -2.02. The molecule has 1 fully saturated rings. The van der Waals surface area contributed by atoms with Gasteiger partial charge < -0.3 is 9.84 Å². The van der Waals surface area contributed by atoms with Crippen LogP contribution in [-0.4, -0.2) is 22.4 Å². The van der Waals surface area contributed by atoms with Crippen molar-refractivity contribution in [2.75, 3.05) is 12.0 Å². The number of phenols is 1. The van der Waals surface area contributed by atoms with Gasteiger partial charge in [-0.25, -0.2) is 0 Å². The maximum Gasteiger partial charge on any atom is 0.270 e. The Morgan fingerprint density at radius 3 is 2.72 bits per heavy atom. The zero-order valence-corrected chi connectivity index (χ0v) is 15.8. The van der Waals surface area contributed by atoms with Crippen LogP contribution in [0.5, 0.6) is 11.5 Å². The van der Waals surface area contributed by atoms with E-state index in [-0.39, 0.29) is 11.7 Å². The molecule has 128 valence electrons. The number of aromatic hydroxyl groups is 1. The van der Waals surface area contributed by atoms with Crippen LogP contribution in [0.15, 0.2) is 41.3 Å². The fourth-order valence-corrected chi connectivity index (χ4v) is 3.82. The first-order valence-corrected chi connectivity index (χ1v) is 8.92. The Labute approximate surface area is 160 Å². The first kappa shape index (κ1) is 17.8. The van der Waals surface area contributed by atoms with Crippen molar-refractivity contribution in [3.05, 3.63) is 57.5 Å². The zero-order valence-electron chi connectivity index (χ0n) is 13.4. The predicted octanol–water partition coefficient (Wildman–Crippen LogP) is 4.77. The van der Waals surface area contributed by atoms with E-state index in [1.807, 2.05) is 19.1 Å². The van der Waals surface area contributed by atoms with Gasteiger partial charge >= 0.3 is 0 Å². The minimum absolute atomic E-state index is 0.0431. The average Bonchev–Trinajstić information content (AvgIpc) is 2.86. The maximum absolute atomic E-state index is 12.8. The molecule has 1 saturated heterocycles. The van der Waals surface area contributed by atoms with Gasteiger partial charge in [-0.15, -0.1) is 0 Å². The number of methoxy groups -OCH3 is 1. The Bertz CT molecular complexity index is 911. The summed E-state index contributed by atoms with van der Waals surface area (Å²) in [6.45, 7) is 1.90. The van der Waals surface area contributed by atoms with Crippen molar-refractivity contribution in [2.24, 2.45) is 0 Å². The summed E-state index contributed by atoms with van der Waals surface area (Å²) in [5.74, 6) is 0.179. The smallest absolute Gasteiger partial charge is 0.270 e. The number of ether oxygens (including phenoxy) is 1. The topological polar surface area (TPSA) is 49.8 Å². The summed E-state index contributed by atoms with van der Waals surface area (Å²) in [6, 6.07) is 10.3. The van der Waals surface area contributed by atoms with Crippen LogP contribution in [0.25, 0.3) is 6.08 Å². The van der Waals surface area contributed by atoms with E-state index < -0.39 is 0 Å². The minimum atomic E-state index is -0.207. The second kappa shape index (κ2) is 7.07. The second-order valence-corrected chi connectivity index (χ2v) is 7.46. The monoisotopic (exact) mass is 391 g/mol. The first-order valence-electron chi connectivity index (χ1n) is 7.32. The van der Waals surface area contributed by atoms with Crippen LogP contribution in [0.1, 0.15) is 11.1 Å². The molecule has 1 amide bonds. The average molecular weight is 392 g/mol. The number of carbonyl (C=O) groups is 1. The molecule has 3 rings (SSSR count). The minimum Gasteiger partial charge on any atom is -0.504 e. The van der Waals surface area contributed by atoms with Crippen molar-refractivity contribution in [3.8, 4) is 11.5 Å². The lowest BCUT2D eigenvalue weighted by Gasteiger charge is -2.15. The number of amides is 1. The molecule has 4 nitrogen and oxygen atoms in total. The summed E-state index contributed by atoms with van der Waals surface area (Å²) in [7, 11) is 1.47. The van der Waals surface area contributed by atoms with Crippen molar-refractivity contribution in [1.82, 2.24) is 0 Å². The Kier molecular flexibility index (Phi) is 5.03. The molecule has 0 aromatic heterocycles. The lowest BCUT2D eigenvalue weighted by Crippen LogP contribution is -2.27. The normalized spacial score (nSPS) is 16.0. The highest BCUT2D eigenvalue weighted by Crippen LogP contribution is 2.38. The van der Waals surface area contributed by atoms with E-state index in [0.29, 0.717) is 25.7 Å². The van der Waals surface area contributed by atoms with Crippen molar-refractivity contribution < 1.29 is 14.6 Å². The van der Waals surface area contributed by atoms with E-state index in [1.54, 1.807) is 24.3 Å². The summed E-state index contributed by atoms with van der Waals surface area (Å²) in [6.07, 6.45) is 1.72. The van der Waals surface area contributed by atoms with Crippen LogP contribution < -0.4 is 9.64 Å². The number of aryl methyl sites for hydroxylation is 1. The van der Waals surface area contributed by atoms with Gasteiger partial charge in [-0.3, -0.25) is 9.69 Å². The summed E-state index contributed by atoms with van der Waals surface area (Å²) in [4.78, 5) is 14.7. The quantitative estimate of drug-likeness (QED) is 0.603. The first-order chi connectivity index (χ1) is 11.9. The van der Waals surface area contributed by atoms with E-state index in [2.05, 4.69) is 0 Å². The number of hydrogen-bond acceptors (Lipinski definition) is 5. The van der Waals surface area contributed by atoms with Crippen molar-refractivity contribution in [1.29, 1.82) is 0 Å². The summed E-state index contributed by atoms with van der Waals surface area (Å²) in [5, 5.41) is 10.3. The SMILES string of the molecule is COc1cc(C=C2SC(=S)N(c3ccc(C)c(Cl)c3)C2=O)ccc1O. The van der Waals surface area contributed by atoms with Crippen molar-refractivity contribution in [3.63, 3.8) is 0 Å². The van der Waals surface area contributed by atoms with Gasteiger partial charge in [0.15, 0.2) is 15.8 Å². The molecule has 0 saturated carbocycles. The third-order valence-electron chi connectivity index (χ3n) is 3.71. The van der Waals surface area contributed by atoms with E-state index in [1.165, 1.54) is 29.8 Å². The highest BCUT2D eigenvalue weighted by Gasteiger charge is 2.33. The van der Waals surface area contributed by atoms with Crippen molar-refractivity contribution >= 4 is 57.6 Å². The molecule has 1 aliphatic heterocycles. The molecule has 7 heteroatoms. The highest BCUT2D eigenvalue weighted by molar-refractivity contribution is 8.27. The van der Waals surface area contributed by atoms with Crippen LogP contribution in [0.4, 0.5) is 5.69 Å². The summed E-state index contributed by atoms with van der Waals surface area (Å²) >= 11 is 12.7. The molecule has 1 heterocycles. The Morgan fingerprint density at radius 1 is 1.28 bits per heavy atom. The molecule has 0 atom stereocenters. The zero-order chi connectivity index (χ0) is 18.1. The molecule has 2 aromatic carbocycles. The third kappa shape index (κ3) is 3.51. The number of hydrogen-bond donors (Lipinski definition) is 1. The standard InChI is InChI=1S/C18H14ClNO3S2/c1-10-3-5-12(9-13(10)19)20-17(22)16(25-18(20)24)8-11-4-6-14(21)15(7-11)23-2/h3-9,21H,1-2H3. The van der Waals surface area contributed by atoms with Gasteiger partial charge in [-0.05, 0) is 48.4 Å². The number of thioether (sulfide) groups is 1. The van der Waals surface area contributed by atoms with Gasteiger partial charge in [0.2, 0.25) is 0 Å². The molecular formula is C18H14ClNO3S2. The fraction of sp³-hybridized carbons (Fsp3) is 0.111. The lowest BCUT2D eigenvalue weighted by molar-refractivity contribution is -0.113. The molecule has 25 heavy (non-hydrogen) atoms. The third-order valence-corrected chi connectivity index (χ3v) is 5.42. The summed E-state index contributed by atoms with van der Waals surface area (Å²) in [5.41, 5.74) is 2.31. The molecule has 1 N–H and O–H groups in total. The predicted molar refractivity (Wildman–Crippen MR) is 106 cm³/mol. The van der Waals surface area contributed by atoms with E-state index in [0.717, 1.165) is 11.1 Å². The van der Waals surface area contributed by atoms with E-state index >= 15 is 0 Å². The molecule has 2 aromatic rings. The number of anilines is 1. The fourth-order valence-electron chi connectivity index (χ4n) is 2.35. The van der Waals surface area contributed by atoms with Crippen LogP contribution >= 0.6 is 35.6 Å². The van der Waals surface area contributed by atoms with Gasteiger partial charge in [-0.2, -0.15) is 0 Å². The van der Waals surface area contributed by atoms with Crippen LogP contribution in [0.3, 0.4) is 0 Å². The molecule has 1 aliphatic rings. The van der Waals surface area contributed by atoms with Crippen LogP contribution in [-0.2, 0) is 4.79 Å². The molecule has 0 spiro atoms. The number of nitrogens with zero attached hydrogens (tertiary/aromatic N) is 1. The van der Waals surface area contributed by atoms with Gasteiger partial charge in [-0.1, -0.05) is 47.7 Å². The number of carbonyl (C=O) groups excluding carboxylic acids is 1. The largest absolute Gasteiger partial charge is 0.504 e. The Morgan fingerprint density at radius 2 is 2.04 bits per heavy atom. The Balaban J connectivity index is 1.94. The van der Waals surface area contributed by atoms with Crippen LogP contribution in [0.2, 0.25) is 5.02 Å². The van der Waals surface area contributed by atoms with Gasteiger partial charge in [0, 0.05) is 5.02 Å². The molecule has 0 radical (unpaired) electrons. The number of rotatable bonds is 3. The van der Waals surface area contributed by atoms with Crippen molar-refractivity contribution in [2.45, 2.75) is 6.92 Å². The number of phenolic OH excluding ortho intramolecular Hbond substituents is 1. The van der Waals surface area contributed by atoms with Gasteiger partial charge in [0.1, 0.15) is 0 Å². The molecule has 0 unspecified atom stereocenters. The summed E-state index contributed by atoms with van der Waals surface area (Å²) < 4.78 is 5.54. The molecular weight excluding hydrogens is 378 g/mol.